The highest BCUT2D eigenvalue weighted by molar-refractivity contribution is 5.97. The van der Waals surface area contributed by atoms with E-state index in [-0.39, 0.29) is 11.8 Å². The molecule has 0 aliphatic heterocycles. The van der Waals surface area contributed by atoms with E-state index in [1.807, 2.05) is 13.8 Å². The number of amides is 2. The van der Waals surface area contributed by atoms with E-state index in [0.717, 1.165) is 0 Å². The molecule has 1 aromatic heterocycles. The zero-order valence-corrected chi connectivity index (χ0v) is 10.2. The molecular weight excluding hydrogens is 220 g/mol. The fourth-order valence-electron chi connectivity index (χ4n) is 1.60. The van der Waals surface area contributed by atoms with Crippen molar-refractivity contribution in [2.75, 3.05) is 5.73 Å². The Bertz CT molecular complexity index is 437. The SMILES string of the molecule is CC(C)C(NC(=O)c1cc(N)cn1C)C(N)=O. The van der Waals surface area contributed by atoms with E-state index in [1.54, 1.807) is 23.9 Å². The van der Waals surface area contributed by atoms with Crippen LogP contribution < -0.4 is 16.8 Å². The highest BCUT2D eigenvalue weighted by Gasteiger charge is 2.23. The molecule has 1 rings (SSSR count). The number of nitrogens with two attached hydrogens (primary N) is 2. The minimum Gasteiger partial charge on any atom is -0.397 e. The van der Waals surface area contributed by atoms with Crippen molar-refractivity contribution in [3.8, 4) is 0 Å². The first-order chi connectivity index (χ1) is 7.82. The molecule has 0 aliphatic rings. The largest absolute Gasteiger partial charge is 0.397 e. The third kappa shape index (κ3) is 2.99. The third-order valence-electron chi connectivity index (χ3n) is 2.52. The van der Waals surface area contributed by atoms with Gasteiger partial charge in [-0.3, -0.25) is 9.59 Å². The molecule has 1 atom stereocenters. The van der Waals surface area contributed by atoms with Gasteiger partial charge in [0.05, 0.1) is 5.69 Å². The third-order valence-corrected chi connectivity index (χ3v) is 2.52. The van der Waals surface area contributed by atoms with Crippen molar-refractivity contribution in [2.45, 2.75) is 19.9 Å². The summed E-state index contributed by atoms with van der Waals surface area (Å²) in [6, 6.07) is 0.867. The minimum absolute atomic E-state index is 0.0611. The maximum absolute atomic E-state index is 11.9. The minimum atomic E-state index is -0.682. The number of carbonyl (C=O) groups excluding carboxylic acids is 2. The van der Waals surface area contributed by atoms with Crippen LogP contribution in [0.1, 0.15) is 24.3 Å². The average Bonchev–Trinajstić information content (AvgIpc) is 2.53. The second-order valence-corrected chi connectivity index (χ2v) is 4.37. The fourth-order valence-corrected chi connectivity index (χ4v) is 1.60. The van der Waals surface area contributed by atoms with Crippen LogP contribution in [0.25, 0.3) is 0 Å². The van der Waals surface area contributed by atoms with Gasteiger partial charge < -0.3 is 21.4 Å². The molecule has 5 N–H and O–H groups in total. The van der Waals surface area contributed by atoms with Gasteiger partial charge >= 0.3 is 0 Å². The van der Waals surface area contributed by atoms with Crippen molar-refractivity contribution in [3.63, 3.8) is 0 Å². The number of hydrogen-bond donors (Lipinski definition) is 3. The summed E-state index contributed by atoms with van der Waals surface area (Å²) in [5, 5.41) is 2.60. The Morgan fingerprint density at radius 3 is 2.35 bits per heavy atom. The zero-order chi connectivity index (χ0) is 13.2. The number of carbonyl (C=O) groups is 2. The van der Waals surface area contributed by atoms with Crippen LogP contribution in [0.2, 0.25) is 0 Å². The number of primary amides is 1. The van der Waals surface area contributed by atoms with Crippen LogP contribution in [0.3, 0.4) is 0 Å². The summed E-state index contributed by atoms with van der Waals surface area (Å²) in [4.78, 5) is 23.1. The first kappa shape index (κ1) is 13.1. The Kier molecular flexibility index (Phi) is 3.77. The number of aryl methyl sites for hydroxylation is 1. The number of hydrogen-bond acceptors (Lipinski definition) is 3. The van der Waals surface area contributed by atoms with E-state index in [1.165, 1.54) is 0 Å². The van der Waals surface area contributed by atoms with Crippen molar-refractivity contribution in [1.29, 1.82) is 0 Å². The van der Waals surface area contributed by atoms with Crippen molar-refractivity contribution in [2.24, 2.45) is 18.7 Å². The van der Waals surface area contributed by atoms with Gasteiger partial charge in [0, 0.05) is 13.2 Å². The molecule has 0 bridgehead atoms. The van der Waals surface area contributed by atoms with E-state index >= 15 is 0 Å². The smallest absolute Gasteiger partial charge is 0.268 e. The monoisotopic (exact) mass is 238 g/mol. The van der Waals surface area contributed by atoms with E-state index in [0.29, 0.717) is 11.4 Å². The number of nitrogens with one attached hydrogen (secondary N) is 1. The molecule has 1 heterocycles. The molecule has 0 saturated carbocycles. The Morgan fingerprint density at radius 1 is 1.41 bits per heavy atom. The van der Waals surface area contributed by atoms with Crippen LogP contribution in [0.5, 0.6) is 0 Å². The van der Waals surface area contributed by atoms with Gasteiger partial charge in [0.25, 0.3) is 5.91 Å². The van der Waals surface area contributed by atoms with E-state index in [2.05, 4.69) is 5.32 Å². The van der Waals surface area contributed by atoms with Crippen molar-refractivity contribution >= 4 is 17.5 Å². The zero-order valence-electron chi connectivity index (χ0n) is 10.2. The summed E-state index contributed by atoms with van der Waals surface area (Å²) in [7, 11) is 1.71. The number of aromatic nitrogens is 1. The van der Waals surface area contributed by atoms with Crippen molar-refractivity contribution in [3.05, 3.63) is 18.0 Å². The lowest BCUT2D eigenvalue weighted by Gasteiger charge is -2.18. The first-order valence-corrected chi connectivity index (χ1v) is 5.35. The van der Waals surface area contributed by atoms with Gasteiger partial charge in [-0.25, -0.2) is 0 Å². The van der Waals surface area contributed by atoms with Gasteiger partial charge in [-0.15, -0.1) is 0 Å². The number of nitrogens with zero attached hydrogens (tertiary/aromatic N) is 1. The van der Waals surface area contributed by atoms with Gasteiger partial charge in [0.2, 0.25) is 5.91 Å². The second-order valence-electron chi connectivity index (χ2n) is 4.37. The molecule has 1 unspecified atom stereocenters. The molecule has 0 fully saturated rings. The van der Waals surface area contributed by atoms with Gasteiger partial charge in [-0.05, 0) is 12.0 Å². The Balaban J connectivity index is 2.85. The summed E-state index contributed by atoms with van der Waals surface area (Å²) in [5.41, 5.74) is 11.7. The predicted molar refractivity (Wildman–Crippen MR) is 65.1 cm³/mol. The van der Waals surface area contributed by atoms with Gasteiger partial charge in [-0.1, -0.05) is 13.8 Å². The summed E-state index contributed by atoms with van der Waals surface area (Å²) in [6.07, 6.45) is 1.63. The average molecular weight is 238 g/mol. The topological polar surface area (TPSA) is 103 Å². The van der Waals surface area contributed by atoms with Crippen LogP contribution in [0.4, 0.5) is 5.69 Å². The lowest BCUT2D eigenvalue weighted by atomic mass is 10.0. The molecular formula is C11H18N4O2. The van der Waals surface area contributed by atoms with E-state index < -0.39 is 11.9 Å². The van der Waals surface area contributed by atoms with E-state index in [9.17, 15) is 9.59 Å². The molecule has 2 amide bonds. The quantitative estimate of drug-likeness (QED) is 0.679. The lowest BCUT2D eigenvalue weighted by molar-refractivity contribution is -0.120. The summed E-state index contributed by atoms with van der Waals surface area (Å²) >= 11 is 0. The molecule has 17 heavy (non-hydrogen) atoms. The van der Waals surface area contributed by atoms with Crippen LogP contribution in [-0.2, 0) is 11.8 Å². The molecule has 94 valence electrons. The highest BCUT2D eigenvalue weighted by Crippen LogP contribution is 2.10. The summed E-state index contributed by atoms with van der Waals surface area (Å²) in [5.74, 6) is -0.966. The van der Waals surface area contributed by atoms with Crippen LogP contribution in [0.15, 0.2) is 12.3 Å². The molecule has 6 heteroatoms. The second kappa shape index (κ2) is 4.90. The summed E-state index contributed by atoms with van der Waals surface area (Å²) in [6.45, 7) is 3.63. The number of nitrogen functional groups attached to an aromatic ring is 1. The lowest BCUT2D eigenvalue weighted by Crippen LogP contribution is -2.48. The van der Waals surface area contributed by atoms with Crippen molar-refractivity contribution < 1.29 is 9.59 Å². The molecule has 0 aromatic carbocycles. The maximum atomic E-state index is 11.9. The Labute approximate surface area is 100.0 Å². The van der Waals surface area contributed by atoms with Crippen LogP contribution >= 0.6 is 0 Å². The predicted octanol–water partition coefficient (Wildman–Crippen LogP) is -0.153. The van der Waals surface area contributed by atoms with Gasteiger partial charge in [-0.2, -0.15) is 0 Å². The van der Waals surface area contributed by atoms with Crippen molar-refractivity contribution in [1.82, 2.24) is 9.88 Å². The number of rotatable bonds is 4. The van der Waals surface area contributed by atoms with Gasteiger partial charge in [0.15, 0.2) is 0 Å². The van der Waals surface area contributed by atoms with E-state index in [4.69, 9.17) is 11.5 Å². The molecule has 1 aromatic rings. The molecule has 0 aliphatic carbocycles. The fraction of sp³-hybridized carbons (Fsp3) is 0.455. The maximum Gasteiger partial charge on any atom is 0.268 e. The molecule has 0 saturated heterocycles. The standard InChI is InChI=1S/C11H18N4O2/c1-6(2)9(10(13)16)14-11(17)8-4-7(12)5-15(8)3/h4-6,9H,12H2,1-3H3,(H2,13,16)(H,14,17). The Hall–Kier alpha value is -1.98. The highest BCUT2D eigenvalue weighted by atomic mass is 16.2. The molecule has 6 nitrogen and oxygen atoms in total. The normalized spacial score (nSPS) is 12.5. The molecule has 0 radical (unpaired) electrons. The summed E-state index contributed by atoms with van der Waals surface area (Å²) < 4.78 is 1.60. The first-order valence-electron chi connectivity index (χ1n) is 5.35. The Morgan fingerprint density at radius 2 is 2.00 bits per heavy atom. The molecule has 0 spiro atoms. The van der Waals surface area contributed by atoms with Crippen LogP contribution in [0, 0.1) is 5.92 Å². The van der Waals surface area contributed by atoms with Gasteiger partial charge in [0.1, 0.15) is 11.7 Å². The number of anilines is 1. The van der Waals surface area contributed by atoms with Crippen LogP contribution in [-0.4, -0.2) is 22.4 Å².